The van der Waals surface area contributed by atoms with Crippen LogP contribution in [0.1, 0.15) is 18.1 Å². The van der Waals surface area contributed by atoms with Crippen LogP contribution in [0.5, 0.6) is 0 Å². The van der Waals surface area contributed by atoms with Crippen LogP contribution in [0.15, 0.2) is 29.3 Å². The number of fused-ring (bicyclic) bond motifs is 1. The number of halogens is 4. The molecule has 1 aliphatic heterocycles. The molecule has 146 valence electrons. The van der Waals surface area contributed by atoms with E-state index in [1.54, 1.807) is 0 Å². The maximum atomic E-state index is 12.4. The second-order valence-electron chi connectivity index (χ2n) is 5.98. The van der Waals surface area contributed by atoms with Crippen molar-refractivity contribution in [2.45, 2.75) is 26.1 Å². The number of benzene rings is 1. The summed E-state index contributed by atoms with van der Waals surface area (Å²) in [6.45, 7) is 2.35. The molecule has 9 heteroatoms. The van der Waals surface area contributed by atoms with Crippen LogP contribution in [0, 0.1) is 0 Å². The zero-order chi connectivity index (χ0) is 18.4. The second-order valence-corrected chi connectivity index (χ2v) is 5.98. The Balaban J connectivity index is 0.00000338. The van der Waals surface area contributed by atoms with Crippen molar-refractivity contribution in [1.29, 1.82) is 0 Å². The molecule has 2 rings (SSSR count). The average Bonchev–Trinajstić information content (AvgIpc) is 2.56. The van der Waals surface area contributed by atoms with Gasteiger partial charge in [-0.15, -0.1) is 24.0 Å². The third-order valence-electron chi connectivity index (χ3n) is 3.97. The summed E-state index contributed by atoms with van der Waals surface area (Å²) in [7, 11) is 1.13. The number of carbonyl (C=O) groups is 1. The van der Waals surface area contributed by atoms with Gasteiger partial charge in [0.2, 0.25) is 5.91 Å². The number of hydrogen-bond donors (Lipinski definition) is 1. The molecule has 0 saturated carbocycles. The Morgan fingerprint density at radius 1 is 1.31 bits per heavy atom. The largest absolute Gasteiger partial charge is 0.406 e. The van der Waals surface area contributed by atoms with E-state index >= 15 is 0 Å². The molecular weight excluding hydrogens is 460 g/mol. The molecule has 1 aromatic rings. The number of amides is 1. The van der Waals surface area contributed by atoms with Gasteiger partial charge in [-0.2, -0.15) is 13.2 Å². The summed E-state index contributed by atoms with van der Waals surface area (Å²) in [4.78, 5) is 18.8. The van der Waals surface area contributed by atoms with E-state index in [9.17, 15) is 18.0 Å². The minimum absolute atomic E-state index is 0. The van der Waals surface area contributed by atoms with E-state index in [-0.39, 0.29) is 30.5 Å². The van der Waals surface area contributed by atoms with Gasteiger partial charge >= 0.3 is 6.18 Å². The Kier molecular flexibility index (Phi) is 8.65. The van der Waals surface area contributed by atoms with Crippen LogP contribution in [0.2, 0.25) is 0 Å². The SMILES string of the molecule is CCNC(=NCC(=O)N(C)CC(F)(F)F)N1CCc2ccccc2C1.I. The topological polar surface area (TPSA) is 47.9 Å². The van der Waals surface area contributed by atoms with Crippen LogP contribution >= 0.6 is 24.0 Å². The normalized spacial score (nSPS) is 14.3. The summed E-state index contributed by atoms with van der Waals surface area (Å²) >= 11 is 0. The van der Waals surface area contributed by atoms with Crippen molar-refractivity contribution in [3.63, 3.8) is 0 Å². The van der Waals surface area contributed by atoms with Gasteiger partial charge in [-0.1, -0.05) is 24.3 Å². The predicted molar refractivity (Wildman–Crippen MR) is 106 cm³/mol. The van der Waals surface area contributed by atoms with Gasteiger partial charge in [0.25, 0.3) is 0 Å². The first-order chi connectivity index (χ1) is 11.8. The lowest BCUT2D eigenvalue weighted by molar-refractivity contribution is -0.157. The van der Waals surface area contributed by atoms with Crippen LogP contribution in [-0.4, -0.2) is 61.1 Å². The van der Waals surface area contributed by atoms with E-state index in [0.29, 0.717) is 23.9 Å². The quantitative estimate of drug-likeness (QED) is 0.406. The molecule has 0 saturated heterocycles. The number of likely N-dealkylation sites (N-methyl/N-ethyl adjacent to an activating group) is 1. The van der Waals surface area contributed by atoms with Gasteiger partial charge in [-0.05, 0) is 24.5 Å². The smallest absolute Gasteiger partial charge is 0.356 e. The number of nitrogens with one attached hydrogen (secondary N) is 1. The van der Waals surface area contributed by atoms with E-state index in [1.165, 1.54) is 11.1 Å². The number of guanidine groups is 1. The monoisotopic (exact) mass is 484 g/mol. The first-order valence-corrected chi connectivity index (χ1v) is 8.21. The molecule has 26 heavy (non-hydrogen) atoms. The van der Waals surface area contributed by atoms with Crippen molar-refractivity contribution in [1.82, 2.24) is 15.1 Å². The molecule has 0 aliphatic carbocycles. The van der Waals surface area contributed by atoms with Crippen molar-refractivity contribution in [3.8, 4) is 0 Å². The van der Waals surface area contributed by atoms with Crippen LogP contribution in [0.25, 0.3) is 0 Å². The highest BCUT2D eigenvalue weighted by molar-refractivity contribution is 14.0. The lowest BCUT2D eigenvalue weighted by Crippen LogP contribution is -2.45. The molecule has 1 aromatic carbocycles. The molecule has 0 aromatic heterocycles. The number of carbonyl (C=O) groups excluding carboxylic acids is 1. The van der Waals surface area contributed by atoms with Gasteiger partial charge < -0.3 is 15.1 Å². The highest BCUT2D eigenvalue weighted by Gasteiger charge is 2.31. The maximum Gasteiger partial charge on any atom is 0.406 e. The van der Waals surface area contributed by atoms with Gasteiger partial charge in [0.15, 0.2) is 5.96 Å². The van der Waals surface area contributed by atoms with Crippen molar-refractivity contribution in [3.05, 3.63) is 35.4 Å². The fourth-order valence-corrected chi connectivity index (χ4v) is 2.72. The summed E-state index contributed by atoms with van der Waals surface area (Å²) in [5.74, 6) is -0.115. The summed E-state index contributed by atoms with van der Waals surface area (Å²) in [6, 6.07) is 8.12. The Bertz CT molecular complexity index is 637. The van der Waals surface area contributed by atoms with Gasteiger partial charge in [-0.25, -0.2) is 4.99 Å². The van der Waals surface area contributed by atoms with E-state index in [0.717, 1.165) is 20.0 Å². The van der Waals surface area contributed by atoms with Crippen molar-refractivity contribution < 1.29 is 18.0 Å². The highest BCUT2D eigenvalue weighted by Crippen LogP contribution is 2.18. The molecule has 1 amide bonds. The molecule has 0 bridgehead atoms. The standard InChI is InChI=1S/C17H23F3N4O.HI/c1-3-21-16(22-10-15(25)23(2)12-17(18,19)20)24-9-8-13-6-4-5-7-14(13)11-24;/h4-7H,3,8-12H2,1-2H3,(H,21,22);1H. The highest BCUT2D eigenvalue weighted by atomic mass is 127. The average molecular weight is 484 g/mol. The molecular formula is C17H24F3IN4O. The summed E-state index contributed by atoms with van der Waals surface area (Å²) in [6.07, 6.45) is -3.54. The number of rotatable bonds is 4. The van der Waals surface area contributed by atoms with Crippen LogP contribution in [0.4, 0.5) is 13.2 Å². The predicted octanol–water partition coefficient (Wildman–Crippen LogP) is 2.65. The lowest BCUT2D eigenvalue weighted by atomic mass is 10.0. The zero-order valence-electron chi connectivity index (χ0n) is 14.8. The molecule has 1 aliphatic rings. The van der Waals surface area contributed by atoms with Crippen LogP contribution in [-0.2, 0) is 17.8 Å². The van der Waals surface area contributed by atoms with Crippen LogP contribution < -0.4 is 5.32 Å². The van der Waals surface area contributed by atoms with Gasteiger partial charge in [0, 0.05) is 26.7 Å². The minimum atomic E-state index is -4.41. The third kappa shape index (κ3) is 6.65. The number of nitrogens with zero attached hydrogens (tertiary/aromatic N) is 3. The van der Waals surface area contributed by atoms with Crippen LogP contribution in [0.3, 0.4) is 0 Å². The summed E-state index contributed by atoms with van der Waals surface area (Å²) < 4.78 is 37.1. The van der Waals surface area contributed by atoms with E-state index in [4.69, 9.17) is 0 Å². The third-order valence-corrected chi connectivity index (χ3v) is 3.97. The van der Waals surface area contributed by atoms with Gasteiger partial charge in [0.1, 0.15) is 13.1 Å². The fourth-order valence-electron chi connectivity index (χ4n) is 2.72. The molecule has 5 nitrogen and oxygen atoms in total. The molecule has 1 N–H and O–H groups in total. The molecule has 0 atom stereocenters. The van der Waals surface area contributed by atoms with Crippen molar-refractivity contribution in [2.75, 3.05) is 33.2 Å². The number of alkyl halides is 3. The lowest BCUT2D eigenvalue weighted by Gasteiger charge is -2.31. The summed E-state index contributed by atoms with van der Waals surface area (Å²) in [5, 5.41) is 3.11. The minimum Gasteiger partial charge on any atom is -0.356 e. The molecule has 1 heterocycles. The van der Waals surface area contributed by atoms with Gasteiger partial charge in [-0.3, -0.25) is 4.79 Å². The Morgan fingerprint density at radius 3 is 2.58 bits per heavy atom. The van der Waals surface area contributed by atoms with E-state index in [2.05, 4.69) is 16.4 Å². The zero-order valence-corrected chi connectivity index (χ0v) is 17.2. The maximum absolute atomic E-state index is 12.4. The molecule has 0 spiro atoms. The number of aliphatic imine (C=N–C) groups is 1. The first-order valence-electron chi connectivity index (χ1n) is 8.21. The van der Waals surface area contributed by atoms with Gasteiger partial charge in [0.05, 0.1) is 0 Å². The molecule has 0 radical (unpaired) electrons. The molecule has 0 fully saturated rings. The number of hydrogen-bond acceptors (Lipinski definition) is 2. The Morgan fingerprint density at radius 2 is 1.96 bits per heavy atom. The fraction of sp³-hybridized carbons (Fsp3) is 0.529. The van der Waals surface area contributed by atoms with Crippen molar-refractivity contribution >= 4 is 35.8 Å². The summed E-state index contributed by atoms with van der Waals surface area (Å²) in [5.41, 5.74) is 2.48. The van der Waals surface area contributed by atoms with E-state index in [1.807, 2.05) is 30.0 Å². The Hall–Kier alpha value is -1.52. The van der Waals surface area contributed by atoms with E-state index < -0.39 is 18.6 Å². The Labute approximate surface area is 168 Å². The second kappa shape index (κ2) is 9.98. The molecule has 0 unspecified atom stereocenters. The first kappa shape index (κ1) is 22.5. The van der Waals surface area contributed by atoms with Crippen molar-refractivity contribution in [2.24, 2.45) is 4.99 Å².